The van der Waals surface area contributed by atoms with Crippen molar-refractivity contribution in [1.82, 2.24) is 0 Å². The van der Waals surface area contributed by atoms with Crippen LogP contribution < -0.4 is 15.4 Å². The zero-order valence-corrected chi connectivity index (χ0v) is 12.1. The Morgan fingerprint density at radius 1 is 1.05 bits per heavy atom. The van der Waals surface area contributed by atoms with Gasteiger partial charge in [-0.25, -0.2) is 4.39 Å². The summed E-state index contributed by atoms with van der Waals surface area (Å²) in [6.45, 7) is 1.39. The number of ether oxygens (including phenoxy) is 1. The molecule has 0 aliphatic heterocycles. The van der Waals surface area contributed by atoms with Crippen LogP contribution in [-0.4, -0.2) is 18.9 Å². The molecule has 0 unspecified atom stereocenters. The second kappa shape index (κ2) is 6.71. The maximum absolute atomic E-state index is 13.3. The lowest BCUT2D eigenvalue weighted by atomic mass is 10.1. The lowest BCUT2D eigenvalue weighted by Crippen LogP contribution is -2.14. The fourth-order valence-corrected chi connectivity index (χ4v) is 1.93. The molecule has 0 heterocycles. The lowest BCUT2D eigenvalue weighted by molar-refractivity contribution is -0.114. The minimum Gasteiger partial charge on any atom is -0.496 e. The van der Waals surface area contributed by atoms with Crippen molar-refractivity contribution in [3.8, 4) is 5.75 Å². The van der Waals surface area contributed by atoms with Gasteiger partial charge < -0.3 is 15.4 Å². The van der Waals surface area contributed by atoms with Crippen molar-refractivity contribution in [3.63, 3.8) is 0 Å². The third-order valence-electron chi connectivity index (χ3n) is 2.85. The fraction of sp³-hybridized carbons (Fsp3) is 0.125. The Bertz CT molecular complexity index is 716. The van der Waals surface area contributed by atoms with Crippen molar-refractivity contribution in [2.75, 3.05) is 17.7 Å². The zero-order chi connectivity index (χ0) is 16.1. The van der Waals surface area contributed by atoms with Crippen molar-refractivity contribution in [1.29, 1.82) is 0 Å². The third kappa shape index (κ3) is 3.82. The summed E-state index contributed by atoms with van der Waals surface area (Å²) < 4.78 is 18.4. The van der Waals surface area contributed by atoms with Crippen LogP contribution in [0.25, 0.3) is 0 Å². The average molecular weight is 302 g/mol. The number of methoxy groups -OCH3 is 1. The molecule has 0 aliphatic rings. The molecule has 2 rings (SSSR count). The van der Waals surface area contributed by atoms with Gasteiger partial charge in [0.05, 0.1) is 12.7 Å². The van der Waals surface area contributed by atoms with E-state index in [0.717, 1.165) is 6.07 Å². The van der Waals surface area contributed by atoms with Crippen molar-refractivity contribution in [2.24, 2.45) is 0 Å². The maximum Gasteiger partial charge on any atom is 0.259 e. The summed E-state index contributed by atoms with van der Waals surface area (Å²) in [5.74, 6) is -0.971. The van der Waals surface area contributed by atoms with Crippen molar-refractivity contribution in [2.45, 2.75) is 6.92 Å². The van der Waals surface area contributed by atoms with Crippen LogP contribution in [0.15, 0.2) is 42.5 Å². The third-order valence-corrected chi connectivity index (χ3v) is 2.85. The average Bonchev–Trinajstić information content (AvgIpc) is 2.46. The van der Waals surface area contributed by atoms with Gasteiger partial charge in [-0.1, -0.05) is 6.07 Å². The molecule has 0 atom stereocenters. The van der Waals surface area contributed by atoms with Crippen LogP contribution in [-0.2, 0) is 4.79 Å². The number of carbonyl (C=O) groups is 2. The molecule has 2 aromatic carbocycles. The van der Waals surface area contributed by atoms with Gasteiger partial charge in [0.2, 0.25) is 5.91 Å². The van der Waals surface area contributed by atoms with Crippen LogP contribution in [0.4, 0.5) is 15.8 Å². The quantitative estimate of drug-likeness (QED) is 0.912. The summed E-state index contributed by atoms with van der Waals surface area (Å²) in [7, 11) is 1.40. The van der Waals surface area contributed by atoms with E-state index in [1.807, 2.05) is 0 Å². The zero-order valence-electron chi connectivity index (χ0n) is 12.1. The second-order valence-corrected chi connectivity index (χ2v) is 4.56. The summed E-state index contributed by atoms with van der Waals surface area (Å²) in [5.41, 5.74) is 1.12. The molecular formula is C16H15FN2O3. The first-order valence-corrected chi connectivity index (χ1v) is 6.52. The van der Waals surface area contributed by atoms with Crippen LogP contribution in [0.5, 0.6) is 5.75 Å². The van der Waals surface area contributed by atoms with Crippen molar-refractivity contribution < 1.29 is 18.7 Å². The largest absolute Gasteiger partial charge is 0.496 e. The summed E-state index contributed by atoms with van der Waals surface area (Å²) >= 11 is 0. The van der Waals surface area contributed by atoms with Crippen LogP contribution in [0.2, 0.25) is 0 Å². The van der Waals surface area contributed by atoms with Crippen LogP contribution in [0.3, 0.4) is 0 Å². The van der Waals surface area contributed by atoms with Gasteiger partial charge in [-0.2, -0.15) is 0 Å². The molecule has 2 N–H and O–H groups in total. The van der Waals surface area contributed by atoms with E-state index in [-0.39, 0.29) is 17.2 Å². The molecule has 22 heavy (non-hydrogen) atoms. The highest BCUT2D eigenvalue weighted by Crippen LogP contribution is 2.22. The summed E-state index contributed by atoms with van der Waals surface area (Å²) in [5, 5.41) is 5.25. The first kappa shape index (κ1) is 15.5. The number of halogens is 1. The monoisotopic (exact) mass is 302 g/mol. The van der Waals surface area contributed by atoms with E-state index >= 15 is 0 Å². The molecule has 0 spiro atoms. The van der Waals surface area contributed by atoms with Gasteiger partial charge in [0.25, 0.3) is 5.91 Å². The minimum atomic E-state index is -0.530. The highest BCUT2D eigenvalue weighted by Gasteiger charge is 2.13. The second-order valence-electron chi connectivity index (χ2n) is 4.56. The van der Waals surface area contributed by atoms with E-state index in [0.29, 0.717) is 11.4 Å². The van der Waals surface area contributed by atoms with E-state index in [1.54, 1.807) is 24.3 Å². The SMILES string of the molecule is COc1ccc(F)cc1C(=O)Nc1cccc(NC(C)=O)c1. The molecule has 0 bridgehead atoms. The maximum atomic E-state index is 13.3. The molecular weight excluding hydrogens is 287 g/mol. The van der Waals surface area contributed by atoms with Crippen LogP contribution in [0, 0.1) is 5.82 Å². The molecule has 0 saturated heterocycles. The number of rotatable bonds is 4. The topological polar surface area (TPSA) is 67.4 Å². The minimum absolute atomic E-state index is 0.0902. The van der Waals surface area contributed by atoms with Gasteiger partial charge in [0.15, 0.2) is 0 Å². The Balaban J connectivity index is 2.22. The van der Waals surface area contributed by atoms with Gasteiger partial charge in [-0.05, 0) is 36.4 Å². The first-order chi connectivity index (χ1) is 10.5. The molecule has 2 amide bonds. The standard InChI is InChI=1S/C16H15FN2O3/c1-10(20)18-12-4-3-5-13(9-12)19-16(21)14-8-11(17)6-7-15(14)22-2/h3-9H,1-2H3,(H,18,20)(H,19,21). The van der Waals surface area contributed by atoms with Gasteiger partial charge in [-0.3, -0.25) is 9.59 Å². The Kier molecular flexibility index (Phi) is 4.73. The summed E-state index contributed by atoms with van der Waals surface area (Å²) in [4.78, 5) is 23.3. The van der Waals surface area contributed by atoms with Gasteiger partial charge in [-0.15, -0.1) is 0 Å². The number of hydrogen-bond donors (Lipinski definition) is 2. The van der Waals surface area contributed by atoms with Gasteiger partial charge >= 0.3 is 0 Å². The number of anilines is 2. The van der Waals surface area contributed by atoms with E-state index in [1.165, 1.54) is 26.2 Å². The predicted molar refractivity (Wildman–Crippen MR) is 81.7 cm³/mol. The van der Waals surface area contributed by atoms with Crippen molar-refractivity contribution in [3.05, 3.63) is 53.8 Å². The molecule has 0 fully saturated rings. The Hall–Kier alpha value is -2.89. The van der Waals surface area contributed by atoms with E-state index in [2.05, 4.69) is 10.6 Å². The number of benzene rings is 2. The predicted octanol–water partition coefficient (Wildman–Crippen LogP) is 3.05. The molecule has 114 valence electrons. The number of hydrogen-bond acceptors (Lipinski definition) is 3. The fourth-order valence-electron chi connectivity index (χ4n) is 1.93. The molecule has 2 aromatic rings. The summed E-state index contributed by atoms with van der Waals surface area (Å²) in [6.07, 6.45) is 0. The van der Waals surface area contributed by atoms with Gasteiger partial charge in [0, 0.05) is 18.3 Å². The molecule has 0 aromatic heterocycles. The smallest absolute Gasteiger partial charge is 0.259 e. The highest BCUT2D eigenvalue weighted by molar-refractivity contribution is 6.06. The first-order valence-electron chi connectivity index (χ1n) is 6.52. The number of nitrogens with one attached hydrogen (secondary N) is 2. The lowest BCUT2D eigenvalue weighted by Gasteiger charge is -2.10. The van der Waals surface area contributed by atoms with Crippen LogP contribution >= 0.6 is 0 Å². The Morgan fingerprint density at radius 3 is 2.36 bits per heavy atom. The van der Waals surface area contributed by atoms with E-state index in [4.69, 9.17) is 4.74 Å². The molecule has 0 radical (unpaired) electrons. The van der Waals surface area contributed by atoms with E-state index in [9.17, 15) is 14.0 Å². The molecule has 0 aliphatic carbocycles. The van der Waals surface area contributed by atoms with E-state index < -0.39 is 11.7 Å². The summed E-state index contributed by atoms with van der Waals surface area (Å²) in [6, 6.07) is 10.3. The Morgan fingerprint density at radius 2 is 1.73 bits per heavy atom. The number of carbonyl (C=O) groups excluding carboxylic acids is 2. The normalized spacial score (nSPS) is 9.95. The number of amides is 2. The Labute approximate surface area is 127 Å². The molecule has 5 nitrogen and oxygen atoms in total. The van der Waals surface area contributed by atoms with Crippen LogP contribution in [0.1, 0.15) is 17.3 Å². The molecule has 0 saturated carbocycles. The van der Waals surface area contributed by atoms with Gasteiger partial charge in [0.1, 0.15) is 11.6 Å². The highest BCUT2D eigenvalue weighted by atomic mass is 19.1. The molecule has 6 heteroatoms. The van der Waals surface area contributed by atoms with Crippen molar-refractivity contribution >= 4 is 23.2 Å².